The molecule has 0 spiro atoms. The van der Waals surface area contributed by atoms with Gasteiger partial charge in [-0.2, -0.15) is 0 Å². The second-order valence-electron chi connectivity index (χ2n) is 3.55. The minimum absolute atomic E-state index is 0.361. The van der Waals surface area contributed by atoms with Gasteiger partial charge in [-0.05, 0) is 6.42 Å². The van der Waals surface area contributed by atoms with Gasteiger partial charge in [0.2, 0.25) is 0 Å². The van der Waals surface area contributed by atoms with Gasteiger partial charge in [-0.3, -0.25) is 0 Å². The third-order valence-corrected chi connectivity index (χ3v) is 2.26. The molecule has 0 amide bonds. The van der Waals surface area contributed by atoms with Gasteiger partial charge in [-0.25, -0.2) is 0 Å². The van der Waals surface area contributed by atoms with Gasteiger partial charge in [0.05, 0.1) is 0 Å². The first-order chi connectivity index (χ1) is 5.91. The van der Waals surface area contributed by atoms with E-state index in [1.165, 1.54) is 51.4 Å². The van der Waals surface area contributed by atoms with Crippen LogP contribution in [0.3, 0.4) is 0 Å². The Balaban J connectivity index is 0.000000211. The van der Waals surface area contributed by atoms with E-state index in [0.29, 0.717) is 6.61 Å². The van der Waals surface area contributed by atoms with Crippen LogP contribution in [0, 0.1) is 0 Å². The Kier molecular flexibility index (Phi) is 10.9. The molecule has 0 radical (unpaired) electrons. The Bertz CT molecular complexity index is 55.8. The average Bonchev–Trinajstić information content (AvgIpc) is 2.62. The van der Waals surface area contributed by atoms with Gasteiger partial charge >= 0.3 is 0 Å². The summed E-state index contributed by atoms with van der Waals surface area (Å²) in [6.45, 7) is 2.53. The first-order valence-corrected chi connectivity index (χ1v) is 5.52. The lowest BCUT2D eigenvalue weighted by Gasteiger charge is -1.90. The maximum Gasteiger partial charge on any atom is 0.0431 e. The molecule has 1 saturated carbocycles. The second kappa shape index (κ2) is 11.0. The largest absolute Gasteiger partial charge is 0.396 e. The molecule has 1 N–H and O–H groups in total. The lowest BCUT2D eigenvalue weighted by Crippen LogP contribution is -1.80. The minimum Gasteiger partial charge on any atom is -0.396 e. The van der Waals surface area contributed by atoms with Crippen molar-refractivity contribution in [3.8, 4) is 0 Å². The molecule has 0 unspecified atom stereocenters. The molecule has 0 aromatic heterocycles. The quantitative estimate of drug-likeness (QED) is 0.643. The molecule has 1 rings (SSSR count). The Labute approximate surface area is 77.2 Å². The van der Waals surface area contributed by atoms with Crippen LogP contribution in [0.15, 0.2) is 0 Å². The summed E-state index contributed by atoms with van der Waals surface area (Å²) >= 11 is 0. The minimum atomic E-state index is 0.361. The zero-order valence-corrected chi connectivity index (χ0v) is 8.52. The highest BCUT2D eigenvalue weighted by Crippen LogP contribution is 2.15. The van der Waals surface area contributed by atoms with Crippen LogP contribution in [-0.4, -0.2) is 11.7 Å². The summed E-state index contributed by atoms with van der Waals surface area (Å²) in [5.74, 6) is 0. The number of hydrogen-bond donors (Lipinski definition) is 1. The van der Waals surface area contributed by atoms with Crippen LogP contribution in [0.25, 0.3) is 0 Å². The molecule has 1 fully saturated rings. The van der Waals surface area contributed by atoms with Gasteiger partial charge < -0.3 is 5.11 Å². The van der Waals surface area contributed by atoms with Crippen molar-refractivity contribution in [1.29, 1.82) is 0 Å². The molecule has 0 bridgehead atoms. The van der Waals surface area contributed by atoms with E-state index in [-0.39, 0.29) is 0 Å². The predicted octanol–water partition coefficient (Wildman–Crippen LogP) is 3.51. The number of aliphatic hydroxyl groups excluding tert-OH is 1. The molecule has 1 aliphatic rings. The van der Waals surface area contributed by atoms with Crippen molar-refractivity contribution in [3.63, 3.8) is 0 Å². The lowest BCUT2D eigenvalue weighted by atomic mass is 10.2. The second-order valence-corrected chi connectivity index (χ2v) is 3.55. The normalized spacial score (nSPS) is 15.5. The van der Waals surface area contributed by atoms with Crippen LogP contribution in [0.4, 0.5) is 0 Å². The van der Waals surface area contributed by atoms with Crippen LogP contribution >= 0.6 is 0 Å². The van der Waals surface area contributed by atoms with Crippen LogP contribution in [0.2, 0.25) is 0 Å². The topological polar surface area (TPSA) is 20.2 Å². The van der Waals surface area contributed by atoms with Crippen LogP contribution in [0.5, 0.6) is 0 Å². The van der Waals surface area contributed by atoms with E-state index in [4.69, 9.17) is 5.11 Å². The fraction of sp³-hybridized carbons (Fsp3) is 1.00. The van der Waals surface area contributed by atoms with Crippen molar-refractivity contribution in [1.82, 2.24) is 0 Å². The fourth-order valence-electron chi connectivity index (χ4n) is 1.42. The summed E-state index contributed by atoms with van der Waals surface area (Å²) in [7, 11) is 0. The van der Waals surface area contributed by atoms with Gasteiger partial charge in [-0.15, -0.1) is 0 Å². The molecule has 1 nitrogen and oxygen atoms in total. The lowest BCUT2D eigenvalue weighted by molar-refractivity contribution is 0.283. The van der Waals surface area contributed by atoms with Crippen LogP contribution in [0.1, 0.15) is 64.7 Å². The third-order valence-electron chi connectivity index (χ3n) is 2.26. The number of unbranched alkanes of at least 4 members (excludes halogenated alkanes) is 3. The molecule has 0 aromatic carbocycles. The van der Waals surface area contributed by atoms with Gasteiger partial charge in [0.15, 0.2) is 0 Å². The molecule has 0 aliphatic heterocycles. The first-order valence-electron chi connectivity index (χ1n) is 5.52. The highest BCUT2D eigenvalue weighted by Gasteiger charge is 1.95. The van der Waals surface area contributed by atoms with E-state index in [0.717, 1.165) is 6.42 Å². The maximum atomic E-state index is 8.29. The van der Waals surface area contributed by atoms with Crippen molar-refractivity contribution in [2.75, 3.05) is 6.61 Å². The number of rotatable bonds is 4. The zero-order chi connectivity index (χ0) is 9.07. The molecule has 0 aromatic rings. The summed E-state index contributed by atoms with van der Waals surface area (Å²) in [4.78, 5) is 0. The summed E-state index contributed by atoms with van der Waals surface area (Å²) in [6, 6.07) is 0. The summed E-state index contributed by atoms with van der Waals surface area (Å²) in [6.07, 6.45) is 12.2. The molecule has 0 saturated heterocycles. The zero-order valence-electron chi connectivity index (χ0n) is 8.52. The van der Waals surface area contributed by atoms with Gasteiger partial charge in [0, 0.05) is 6.61 Å². The molecule has 1 heteroatoms. The molecule has 1 aliphatic carbocycles. The molecule has 0 atom stereocenters. The molecule has 12 heavy (non-hydrogen) atoms. The Morgan fingerprint density at radius 3 is 1.67 bits per heavy atom. The van der Waals surface area contributed by atoms with Gasteiger partial charge in [0.1, 0.15) is 0 Å². The van der Waals surface area contributed by atoms with Crippen LogP contribution < -0.4 is 0 Å². The van der Waals surface area contributed by atoms with E-state index in [1.807, 2.05) is 0 Å². The Morgan fingerprint density at radius 2 is 1.33 bits per heavy atom. The van der Waals surface area contributed by atoms with Crippen molar-refractivity contribution in [2.24, 2.45) is 0 Å². The average molecular weight is 172 g/mol. The van der Waals surface area contributed by atoms with Crippen molar-refractivity contribution >= 4 is 0 Å². The molecular formula is C11H24O. The van der Waals surface area contributed by atoms with E-state index < -0.39 is 0 Å². The summed E-state index contributed by atoms with van der Waals surface area (Å²) < 4.78 is 0. The highest BCUT2D eigenvalue weighted by molar-refractivity contribution is 4.51. The summed E-state index contributed by atoms with van der Waals surface area (Å²) in [5, 5.41) is 8.29. The van der Waals surface area contributed by atoms with Crippen molar-refractivity contribution in [3.05, 3.63) is 0 Å². The highest BCUT2D eigenvalue weighted by atomic mass is 16.2. The standard InChI is InChI=1S/C6H14O.C5H10/c1-2-3-4-5-6-7;1-2-4-5-3-1/h7H,2-6H2,1H3;1-5H2. The number of hydrogen-bond acceptors (Lipinski definition) is 1. The summed E-state index contributed by atoms with van der Waals surface area (Å²) in [5.41, 5.74) is 0. The Hall–Kier alpha value is -0.0400. The monoisotopic (exact) mass is 172 g/mol. The van der Waals surface area contributed by atoms with Crippen LogP contribution in [-0.2, 0) is 0 Å². The van der Waals surface area contributed by atoms with Gasteiger partial charge in [-0.1, -0.05) is 58.3 Å². The third kappa shape index (κ3) is 9.96. The molecule has 74 valence electrons. The van der Waals surface area contributed by atoms with Gasteiger partial charge in [0.25, 0.3) is 0 Å². The van der Waals surface area contributed by atoms with E-state index in [1.54, 1.807) is 0 Å². The Morgan fingerprint density at radius 1 is 0.833 bits per heavy atom. The molecule has 0 heterocycles. The van der Waals surface area contributed by atoms with E-state index >= 15 is 0 Å². The fourth-order valence-corrected chi connectivity index (χ4v) is 1.42. The van der Waals surface area contributed by atoms with E-state index in [2.05, 4.69) is 6.92 Å². The molecular weight excluding hydrogens is 148 g/mol. The van der Waals surface area contributed by atoms with E-state index in [9.17, 15) is 0 Å². The SMILES string of the molecule is C1CCCC1.CCCCCCO. The predicted molar refractivity (Wildman–Crippen MR) is 54.3 cm³/mol. The first kappa shape index (κ1) is 12.0. The van der Waals surface area contributed by atoms with Crippen molar-refractivity contribution < 1.29 is 5.11 Å². The smallest absolute Gasteiger partial charge is 0.0431 e. The number of aliphatic hydroxyl groups is 1. The maximum absolute atomic E-state index is 8.29. The van der Waals surface area contributed by atoms with Crippen molar-refractivity contribution in [2.45, 2.75) is 64.7 Å².